The Morgan fingerprint density at radius 1 is 0.972 bits per heavy atom. The van der Waals surface area contributed by atoms with Crippen molar-refractivity contribution in [3.8, 4) is 0 Å². The standard InChI is InChI=1S/C26H22FN5O4/c1-15-18(12-35-25(33)16-8-4-2-5-9-16)22(36-26(34)17-10-6-3-7-11-17)19(27)21(15)32-14-31-20-23(28)29-13-30-24(20)32/h2-11,13-14,18-19,21-22H,1,12H2,(H2,28,29,30)/t18-,19+,21+,22+/m0/s1. The zero-order chi connectivity index (χ0) is 25.2. The Morgan fingerprint density at radius 2 is 1.61 bits per heavy atom. The largest absolute Gasteiger partial charge is 0.461 e. The number of anilines is 1. The van der Waals surface area contributed by atoms with E-state index in [4.69, 9.17) is 15.2 Å². The molecule has 1 aliphatic rings. The summed E-state index contributed by atoms with van der Waals surface area (Å²) >= 11 is 0. The third-order valence-electron chi connectivity index (χ3n) is 6.21. The zero-order valence-corrected chi connectivity index (χ0v) is 19.0. The number of hydrogen-bond acceptors (Lipinski definition) is 8. The number of esters is 2. The molecule has 0 bridgehead atoms. The molecule has 1 aliphatic carbocycles. The van der Waals surface area contributed by atoms with E-state index in [1.165, 1.54) is 17.2 Å². The van der Waals surface area contributed by atoms with E-state index in [2.05, 4.69) is 21.5 Å². The molecular formula is C26H22FN5O4. The van der Waals surface area contributed by atoms with Crippen molar-refractivity contribution in [3.63, 3.8) is 0 Å². The topological polar surface area (TPSA) is 122 Å². The number of ether oxygens (including phenoxy) is 2. The van der Waals surface area contributed by atoms with Crippen molar-refractivity contribution < 1.29 is 23.5 Å². The lowest BCUT2D eigenvalue weighted by Gasteiger charge is -2.21. The van der Waals surface area contributed by atoms with Crippen molar-refractivity contribution in [2.75, 3.05) is 12.3 Å². The van der Waals surface area contributed by atoms with Gasteiger partial charge >= 0.3 is 11.9 Å². The molecule has 2 N–H and O–H groups in total. The molecule has 0 amide bonds. The molecule has 4 atom stereocenters. The number of imidazole rings is 1. The Balaban J connectivity index is 1.46. The number of benzene rings is 2. The van der Waals surface area contributed by atoms with Gasteiger partial charge in [-0.25, -0.2) is 28.9 Å². The molecule has 0 spiro atoms. The summed E-state index contributed by atoms with van der Waals surface area (Å²) in [5.41, 5.74) is 7.50. The Kier molecular flexibility index (Phi) is 6.16. The summed E-state index contributed by atoms with van der Waals surface area (Å²) in [5, 5.41) is 0. The summed E-state index contributed by atoms with van der Waals surface area (Å²) in [4.78, 5) is 37.7. The third-order valence-corrected chi connectivity index (χ3v) is 6.21. The van der Waals surface area contributed by atoms with E-state index in [1.54, 1.807) is 60.7 Å². The number of fused-ring (bicyclic) bond motifs is 1. The normalized spacial score (nSPS) is 21.4. The SMILES string of the molecule is C=C1[C@@H](n2cnc3c(N)ncnc32)[C@@H](F)[C@H](OC(=O)c2ccccc2)[C@H]1COC(=O)c1ccccc1. The number of nitrogen functional groups attached to an aromatic ring is 1. The van der Waals surface area contributed by atoms with E-state index >= 15 is 4.39 Å². The van der Waals surface area contributed by atoms with Crippen LogP contribution in [-0.2, 0) is 9.47 Å². The van der Waals surface area contributed by atoms with Crippen molar-refractivity contribution >= 4 is 28.9 Å². The second-order valence-electron chi connectivity index (χ2n) is 8.35. The van der Waals surface area contributed by atoms with E-state index < -0.39 is 36.2 Å². The maximum Gasteiger partial charge on any atom is 0.338 e. The molecular weight excluding hydrogens is 465 g/mol. The number of carbonyl (C=O) groups is 2. The van der Waals surface area contributed by atoms with Gasteiger partial charge in [0.1, 0.15) is 24.6 Å². The number of rotatable bonds is 6. The average Bonchev–Trinajstić information content (AvgIpc) is 3.42. The minimum absolute atomic E-state index is 0.151. The summed E-state index contributed by atoms with van der Waals surface area (Å²) in [6.45, 7) is 3.85. The van der Waals surface area contributed by atoms with Gasteiger partial charge in [-0.3, -0.25) is 0 Å². The number of nitrogens with zero attached hydrogens (tertiary/aromatic N) is 4. The highest BCUT2D eigenvalue weighted by molar-refractivity contribution is 5.90. The second-order valence-corrected chi connectivity index (χ2v) is 8.35. The number of nitrogens with two attached hydrogens (primary N) is 1. The fourth-order valence-electron chi connectivity index (χ4n) is 4.38. The minimum atomic E-state index is -1.72. The van der Waals surface area contributed by atoms with Gasteiger partial charge in [0.2, 0.25) is 0 Å². The molecule has 36 heavy (non-hydrogen) atoms. The number of halogens is 1. The Hall–Kier alpha value is -4.60. The first-order valence-corrected chi connectivity index (χ1v) is 11.2. The van der Waals surface area contributed by atoms with Gasteiger partial charge in [0.25, 0.3) is 0 Å². The van der Waals surface area contributed by atoms with Crippen LogP contribution in [0.2, 0.25) is 0 Å². The predicted molar refractivity (Wildman–Crippen MR) is 129 cm³/mol. The van der Waals surface area contributed by atoms with Gasteiger partial charge in [0.05, 0.1) is 29.4 Å². The molecule has 5 rings (SSSR count). The Labute approximate surface area is 205 Å². The molecule has 1 fully saturated rings. The summed E-state index contributed by atoms with van der Waals surface area (Å²) in [6.07, 6.45) is -0.339. The molecule has 2 heterocycles. The molecule has 4 aromatic rings. The molecule has 0 aliphatic heterocycles. The molecule has 0 radical (unpaired) electrons. The van der Waals surface area contributed by atoms with Crippen LogP contribution in [0.5, 0.6) is 0 Å². The lowest BCUT2D eigenvalue weighted by Crippen LogP contribution is -2.33. The van der Waals surface area contributed by atoms with Crippen molar-refractivity contribution in [1.82, 2.24) is 19.5 Å². The van der Waals surface area contributed by atoms with Crippen LogP contribution in [0.3, 0.4) is 0 Å². The monoisotopic (exact) mass is 487 g/mol. The maximum absolute atomic E-state index is 16.1. The van der Waals surface area contributed by atoms with Crippen LogP contribution in [0.15, 0.2) is 85.5 Å². The first-order chi connectivity index (χ1) is 17.5. The molecule has 0 unspecified atom stereocenters. The van der Waals surface area contributed by atoms with Gasteiger partial charge in [0, 0.05) is 0 Å². The number of aromatic nitrogens is 4. The van der Waals surface area contributed by atoms with Gasteiger partial charge in [-0.15, -0.1) is 0 Å². The van der Waals surface area contributed by atoms with Gasteiger partial charge in [-0.2, -0.15) is 0 Å². The van der Waals surface area contributed by atoms with Crippen LogP contribution < -0.4 is 5.73 Å². The van der Waals surface area contributed by atoms with Gasteiger partial charge < -0.3 is 19.8 Å². The fraction of sp³-hybridized carbons (Fsp3) is 0.192. The van der Waals surface area contributed by atoms with E-state index in [0.717, 1.165) is 0 Å². The second kappa shape index (κ2) is 9.57. The van der Waals surface area contributed by atoms with Crippen LogP contribution in [0.1, 0.15) is 26.8 Å². The van der Waals surface area contributed by atoms with Crippen LogP contribution in [0.4, 0.5) is 10.2 Å². The van der Waals surface area contributed by atoms with Crippen molar-refractivity contribution in [2.24, 2.45) is 5.92 Å². The van der Waals surface area contributed by atoms with E-state index in [9.17, 15) is 9.59 Å². The number of alkyl halides is 1. The summed E-state index contributed by atoms with van der Waals surface area (Å²) < 4.78 is 28.7. The van der Waals surface area contributed by atoms with E-state index in [-0.39, 0.29) is 18.0 Å². The molecule has 182 valence electrons. The first kappa shape index (κ1) is 23.2. The van der Waals surface area contributed by atoms with E-state index in [0.29, 0.717) is 22.3 Å². The van der Waals surface area contributed by atoms with Gasteiger partial charge in [-0.05, 0) is 29.8 Å². The molecule has 9 nitrogen and oxygen atoms in total. The third kappa shape index (κ3) is 4.17. The number of hydrogen-bond donors (Lipinski definition) is 1. The highest BCUT2D eigenvalue weighted by atomic mass is 19.1. The number of carbonyl (C=O) groups excluding carboxylic acids is 2. The van der Waals surface area contributed by atoms with Crippen molar-refractivity contribution in [3.05, 3.63) is 96.6 Å². The highest BCUT2D eigenvalue weighted by Crippen LogP contribution is 2.44. The van der Waals surface area contributed by atoms with Crippen LogP contribution in [0, 0.1) is 5.92 Å². The van der Waals surface area contributed by atoms with Crippen LogP contribution in [0.25, 0.3) is 11.2 Å². The summed E-state index contributed by atoms with van der Waals surface area (Å²) in [7, 11) is 0. The summed E-state index contributed by atoms with van der Waals surface area (Å²) in [5.74, 6) is -1.94. The lowest BCUT2D eigenvalue weighted by molar-refractivity contribution is -0.0130. The Bertz CT molecular complexity index is 1430. The quantitative estimate of drug-likeness (QED) is 0.324. The maximum atomic E-state index is 16.1. The predicted octanol–water partition coefficient (Wildman–Crippen LogP) is 3.56. The fourth-order valence-corrected chi connectivity index (χ4v) is 4.38. The molecule has 10 heteroatoms. The average molecular weight is 487 g/mol. The van der Waals surface area contributed by atoms with E-state index in [1.807, 2.05) is 0 Å². The van der Waals surface area contributed by atoms with Gasteiger partial charge in [-0.1, -0.05) is 43.0 Å². The Morgan fingerprint density at radius 3 is 2.28 bits per heavy atom. The first-order valence-electron chi connectivity index (χ1n) is 11.2. The van der Waals surface area contributed by atoms with Crippen LogP contribution >= 0.6 is 0 Å². The smallest absolute Gasteiger partial charge is 0.338 e. The molecule has 1 saturated carbocycles. The molecule has 0 saturated heterocycles. The van der Waals surface area contributed by atoms with Crippen LogP contribution in [-0.4, -0.2) is 50.3 Å². The zero-order valence-electron chi connectivity index (χ0n) is 19.0. The molecule has 2 aromatic carbocycles. The van der Waals surface area contributed by atoms with Crippen molar-refractivity contribution in [1.29, 1.82) is 0 Å². The van der Waals surface area contributed by atoms with Crippen molar-refractivity contribution in [2.45, 2.75) is 18.3 Å². The lowest BCUT2D eigenvalue weighted by atomic mass is 10.0. The van der Waals surface area contributed by atoms with Gasteiger partial charge in [0.15, 0.2) is 17.6 Å². The summed E-state index contributed by atoms with van der Waals surface area (Å²) in [6, 6.07) is 15.7. The minimum Gasteiger partial charge on any atom is -0.461 e. The highest BCUT2D eigenvalue weighted by Gasteiger charge is 2.51. The molecule has 2 aromatic heterocycles.